The van der Waals surface area contributed by atoms with Crippen molar-refractivity contribution in [2.24, 2.45) is 10.7 Å². The van der Waals surface area contributed by atoms with E-state index in [1.165, 1.54) is 0 Å². The maximum atomic E-state index is 10.9. The number of aryl methyl sites for hydroxylation is 1. The molecule has 0 heterocycles. The number of primary amides is 1. The Morgan fingerprint density at radius 2 is 1.81 bits per heavy atom. The molecule has 0 aliphatic carbocycles. The molecule has 0 bridgehead atoms. The lowest BCUT2D eigenvalue weighted by molar-refractivity contribution is -0.119. The molecule has 0 saturated carbocycles. The van der Waals surface area contributed by atoms with Gasteiger partial charge in [0.2, 0.25) is 0 Å². The molecule has 0 saturated heterocycles. The number of hydrogen-bond acceptors (Lipinski definition) is 4. The highest BCUT2D eigenvalue weighted by atomic mass is 127. The topological polar surface area (TPSA) is 98.0 Å². The molecule has 170 valence electrons. The van der Waals surface area contributed by atoms with Crippen LogP contribution >= 0.6 is 24.0 Å². The summed E-state index contributed by atoms with van der Waals surface area (Å²) in [6.07, 6.45) is 0. The summed E-state index contributed by atoms with van der Waals surface area (Å²) in [6.45, 7) is 9.14. The second-order valence-electron chi connectivity index (χ2n) is 8.01. The van der Waals surface area contributed by atoms with Crippen LogP contribution in [-0.4, -0.2) is 31.1 Å². The summed E-state index contributed by atoms with van der Waals surface area (Å²) in [5, 5.41) is 6.60. The van der Waals surface area contributed by atoms with Gasteiger partial charge in [0.15, 0.2) is 12.6 Å². The first-order chi connectivity index (χ1) is 14.2. The maximum absolute atomic E-state index is 10.9. The summed E-state index contributed by atoms with van der Waals surface area (Å²) in [7, 11) is 1.73. The van der Waals surface area contributed by atoms with Crippen molar-refractivity contribution in [3.05, 3.63) is 59.2 Å². The number of nitrogens with zero attached hydrogens (tertiary/aromatic N) is 1. The average Bonchev–Trinajstić information content (AvgIpc) is 2.67. The van der Waals surface area contributed by atoms with Crippen LogP contribution in [0.15, 0.2) is 47.5 Å². The minimum Gasteiger partial charge on any atom is -0.488 e. The van der Waals surface area contributed by atoms with Gasteiger partial charge in [-0.15, -0.1) is 24.0 Å². The first kappa shape index (κ1) is 26.5. The summed E-state index contributed by atoms with van der Waals surface area (Å²) in [5.41, 5.74) is 8.05. The summed E-state index contributed by atoms with van der Waals surface area (Å²) in [5.74, 6) is 1.62. The molecular formula is C23H33IN4O3. The lowest BCUT2D eigenvalue weighted by Crippen LogP contribution is -2.36. The van der Waals surface area contributed by atoms with Gasteiger partial charge in [0, 0.05) is 25.7 Å². The van der Waals surface area contributed by atoms with Crippen molar-refractivity contribution in [1.29, 1.82) is 0 Å². The van der Waals surface area contributed by atoms with Gasteiger partial charge in [0.1, 0.15) is 17.1 Å². The molecular weight excluding hydrogens is 507 g/mol. The molecule has 1 amide bonds. The van der Waals surface area contributed by atoms with Gasteiger partial charge in [-0.05, 0) is 57.0 Å². The normalized spacial score (nSPS) is 11.3. The molecule has 2 aromatic rings. The molecule has 0 atom stereocenters. The van der Waals surface area contributed by atoms with E-state index >= 15 is 0 Å². The second-order valence-corrected chi connectivity index (χ2v) is 8.01. The first-order valence-corrected chi connectivity index (χ1v) is 9.89. The van der Waals surface area contributed by atoms with Crippen molar-refractivity contribution in [3.8, 4) is 11.5 Å². The van der Waals surface area contributed by atoms with Crippen LogP contribution in [-0.2, 0) is 17.9 Å². The van der Waals surface area contributed by atoms with Gasteiger partial charge in [0.25, 0.3) is 5.91 Å². The largest absolute Gasteiger partial charge is 0.488 e. The molecule has 4 N–H and O–H groups in total. The number of rotatable bonds is 8. The molecule has 2 rings (SSSR count). The minimum atomic E-state index is -0.506. The number of carbonyl (C=O) groups is 1. The zero-order chi connectivity index (χ0) is 22.1. The highest BCUT2D eigenvalue weighted by Gasteiger charge is 2.15. The zero-order valence-corrected chi connectivity index (χ0v) is 21.2. The summed E-state index contributed by atoms with van der Waals surface area (Å²) < 4.78 is 11.5. The molecule has 0 fully saturated rings. The number of benzene rings is 2. The third-order valence-corrected chi connectivity index (χ3v) is 4.05. The van der Waals surface area contributed by atoms with Crippen LogP contribution in [0.3, 0.4) is 0 Å². The van der Waals surface area contributed by atoms with Crippen LogP contribution in [0.4, 0.5) is 0 Å². The van der Waals surface area contributed by atoms with Crippen molar-refractivity contribution in [1.82, 2.24) is 10.6 Å². The molecule has 0 aliphatic heterocycles. The fourth-order valence-electron chi connectivity index (χ4n) is 2.72. The highest BCUT2D eigenvalue weighted by Crippen LogP contribution is 2.24. The van der Waals surface area contributed by atoms with Gasteiger partial charge in [-0.1, -0.05) is 24.3 Å². The van der Waals surface area contributed by atoms with Crippen LogP contribution in [0.2, 0.25) is 0 Å². The van der Waals surface area contributed by atoms with E-state index in [9.17, 15) is 4.79 Å². The maximum Gasteiger partial charge on any atom is 0.255 e. The predicted molar refractivity (Wildman–Crippen MR) is 135 cm³/mol. The van der Waals surface area contributed by atoms with E-state index in [-0.39, 0.29) is 36.2 Å². The minimum absolute atomic E-state index is 0. The fourth-order valence-corrected chi connectivity index (χ4v) is 2.72. The van der Waals surface area contributed by atoms with Crippen LogP contribution in [0, 0.1) is 6.92 Å². The SMILES string of the molecule is CN=C(NCc1cccc(OCC(N)=O)c1)NCc1ccc(C)cc1OC(C)(C)C.I. The number of aliphatic imine (C=N–C) groups is 1. The molecule has 0 aliphatic rings. The Morgan fingerprint density at radius 3 is 2.45 bits per heavy atom. The predicted octanol–water partition coefficient (Wildman–Crippen LogP) is 3.52. The fraction of sp³-hybridized carbons (Fsp3) is 0.391. The number of amides is 1. The Bertz CT molecular complexity index is 895. The third-order valence-electron chi connectivity index (χ3n) is 4.05. The van der Waals surface area contributed by atoms with E-state index in [0.29, 0.717) is 24.8 Å². The molecule has 0 aromatic heterocycles. The molecule has 2 aromatic carbocycles. The highest BCUT2D eigenvalue weighted by molar-refractivity contribution is 14.0. The van der Waals surface area contributed by atoms with E-state index in [2.05, 4.69) is 40.7 Å². The molecule has 31 heavy (non-hydrogen) atoms. The molecule has 8 heteroatoms. The number of nitrogens with one attached hydrogen (secondary N) is 2. The van der Waals surface area contributed by atoms with E-state index in [1.807, 2.05) is 39.0 Å². The quantitative estimate of drug-likeness (QED) is 0.271. The Balaban J connectivity index is 0.00000480. The molecule has 0 spiro atoms. The Hall–Kier alpha value is -2.49. The van der Waals surface area contributed by atoms with Gasteiger partial charge in [-0.3, -0.25) is 9.79 Å². The summed E-state index contributed by atoms with van der Waals surface area (Å²) >= 11 is 0. The van der Waals surface area contributed by atoms with Crippen molar-refractivity contribution >= 4 is 35.8 Å². The number of halogens is 1. The van der Waals surface area contributed by atoms with E-state index in [1.54, 1.807) is 13.1 Å². The van der Waals surface area contributed by atoms with Gasteiger partial charge >= 0.3 is 0 Å². The summed E-state index contributed by atoms with van der Waals surface area (Å²) in [6, 6.07) is 13.7. The van der Waals surface area contributed by atoms with E-state index in [0.717, 1.165) is 22.4 Å². The van der Waals surface area contributed by atoms with Crippen molar-refractivity contribution < 1.29 is 14.3 Å². The number of nitrogens with two attached hydrogens (primary N) is 1. The van der Waals surface area contributed by atoms with Crippen LogP contribution in [0.1, 0.15) is 37.5 Å². The van der Waals surface area contributed by atoms with E-state index < -0.39 is 5.91 Å². The van der Waals surface area contributed by atoms with Crippen molar-refractivity contribution in [3.63, 3.8) is 0 Å². The van der Waals surface area contributed by atoms with E-state index in [4.69, 9.17) is 15.2 Å². The Kier molecular flexibility index (Phi) is 10.6. The molecule has 0 radical (unpaired) electrons. The zero-order valence-electron chi connectivity index (χ0n) is 18.8. The lowest BCUT2D eigenvalue weighted by atomic mass is 10.1. The summed E-state index contributed by atoms with van der Waals surface area (Å²) in [4.78, 5) is 15.2. The van der Waals surface area contributed by atoms with Crippen molar-refractivity contribution in [2.75, 3.05) is 13.7 Å². The molecule has 0 unspecified atom stereocenters. The van der Waals surface area contributed by atoms with Crippen LogP contribution < -0.4 is 25.8 Å². The first-order valence-electron chi connectivity index (χ1n) is 9.89. The van der Waals surface area contributed by atoms with Crippen molar-refractivity contribution in [2.45, 2.75) is 46.4 Å². The van der Waals surface area contributed by atoms with Gasteiger partial charge in [-0.2, -0.15) is 0 Å². The number of guanidine groups is 1. The third kappa shape index (κ3) is 9.91. The lowest BCUT2D eigenvalue weighted by Gasteiger charge is -2.24. The monoisotopic (exact) mass is 540 g/mol. The van der Waals surface area contributed by atoms with Crippen LogP contribution in [0.5, 0.6) is 11.5 Å². The van der Waals surface area contributed by atoms with Gasteiger partial charge in [-0.25, -0.2) is 0 Å². The smallest absolute Gasteiger partial charge is 0.255 e. The van der Waals surface area contributed by atoms with Gasteiger partial charge in [0.05, 0.1) is 0 Å². The number of carbonyl (C=O) groups excluding carboxylic acids is 1. The Labute approximate surface area is 201 Å². The van der Waals surface area contributed by atoms with Crippen LogP contribution in [0.25, 0.3) is 0 Å². The standard InChI is InChI=1S/C23H32N4O3.HI/c1-16-9-10-18(20(11-16)30-23(2,3)4)14-27-22(25-5)26-13-17-7-6-8-19(12-17)29-15-21(24)28;/h6-12H,13-15H2,1-5H3,(H2,24,28)(H2,25,26,27);1H. The van der Waals surface area contributed by atoms with Gasteiger partial charge < -0.3 is 25.8 Å². The Morgan fingerprint density at radius 1 is 1.10 bits per heavy atom. The second kappa shape index (κ2) is 12.4. The number of hydrogen-bond donors (Lipinski definition) is 3. The average molecular weight is 540 g/mol. The molecule has 7 nitrogen and oxygen atoms in total. The number of ether oxygens (including phenoxy) is 2.